The molecule has 0 aliphatic rings. The molecule has 1 heterocycles. The molecule has 184 valence electrons. The van der Waals surface area contributed by atoms with Crippen molar-refractivity contribution >= 4 is 27.0 Å². The number of fused-ring (bicyclic) bond motifs is 1. The van der Waals surface area contributed by atoms with Crippen LogP contribution in [0.3, 0.4) is 0 Å². The standard InChI is InChI=1S/C22H29N5O6S/c1-5-26(6-2)34(29,30)17-8-9-18-19(14-17)27(25-24-18)33-15-22(28)23-12-11-16-7-10-20(31-3)21(13-16)32-4/h7-10,13-14H,5-6,11-12,15H2,1-4H3,(H,23,28). The predicted octanol–water partition coefficient (Wildman–Crippen LogP) is 1.27. The van der Waals surface area contributed by atoms with Gasteiger partial charge in [0.25, 0.3) is 5.91 Å². The summed E-state index contributed by atoms with van der Waals surface area (Å²) >= 11 is 0. The Morgan fingerprint density at radius 1 is 1.06 bits per heavy atom. The Hall–Kier alpha value is -3.38. The Labute approximate surface area is 198 Å². The van der Waals surface area contributed by atoms with Crippen LogP contribution in [0.5, 0.6) is 11.5 Å². The van der Waals surface area contributed by atoms with E-state index in [1.54, 1.807) is 34.1 Å². The predicted molar refractivity (Wildman–Crippen MR) is 125 cm³/mol. The van der Waals surface area contributed by atoms with Crippen molar-refractivity contribution in [2.45, 2.75) is 25.2 Å². The van der Waals surface area contributed by atoms with Crippen LogP contribution in [0, 0.1) is 0 Å². The molecule has 0 saturated carbocycles. The van der Waals surface area contributed by atoms with Crippen molar-refractivity contribution < 1.29 is 27.5 Å². The zero-order valence-corrected chi connectivity index (χ0v) is 20.5. The van der Waals surface area contributed by atoms with Crippen LogP contribution in [0.1, 0.15) is 19.4 Å². The number of ether oxygens (including phenoxy) is 2. The molecule has 0 fully saturated rings. The van der Waals surface area contributed by atoms with Gasteiger partial charge in [-0.2, -0.15) is 4.31 Å². The molecule has 0 aliphatic heterocycles. The van der Waals surface area contributed by atoms with Gasteiger partial charge >= 0.3 is 0 Å². The van der Waals surface area contributed by atoms with Gasteiger partial charge < -0.3 is 19.6 Å². The number of rotatable bonds is 12. The highest BCUT2D eigenvalue weighted by atomic mass is 32.2. The average molecular weight is 492 g/mol. The number of hydrogen-bond acceptors (Lipinski definition) is 8. The van der Waals surface area contributed by atoms with Gasteiger partial charge in [0.2, 0.25) is 10.0 Å². The molecule has 0 atom stereocenters. The normalized spacial score (nSPS) is 11.6. The Morgan fingerprint density at radius 2 is 1.79 bits per heavy atom. The molecule has 12 heteroatoms. The summed E-state index contributed by atoms with van der Waals surface area (Å²) in [6.45, 7) is 4.35. The zero-order chi connectivity index (χ0) is 24.7. The van der Waals surface area contributed by atoms with Crippen LogP contribution in [0.4, 0.5) is 0 Å². The van der Waals surface area contributed by atoms with Gasteiger partial charge in [0.1, 0.15) is 11.0 Å². The number of amides is 1. The number of carbonyl (C=O) groups is 1. The maximum atomic E-state index is 12.8. The average Bonchev–Trinajstić information content (AvgIpc) is 3.25. The van der Waals surface area contributed by atoms with Gasteiger partial charge in [-0.25, -0.2) is 8.42 Å². The van der Waals surface area contributed by atoms with Gasteiger partial charge in [-0.3, -0.25) is 4.79 Å². The highest BCUT2D eigenvalue weighted by Crippen LogP contribution is 2.27. The molecule has 11 nitrogen and oxygen atoms in total. The third-order valence-corrected chi connectivity index (χ3v) is 7.28. The van der Waals surface area contributed by atoms with Gasteiger partial charge in [0, 0.05) is 19.6 Å². The molecule has 34 heavy (non-hydrogen) atoms. The highest BCUT2D eigenvalue weighted by Gasteiger charge is 2.23. The molecule has 1 amide bonds. The SMILES string of the molecule is CCN(CC)S(=O)(=O)c1ccc2nnn(OCC(=O)NCCc3ccc(OC)c(OC)c3)c2c1. The number of hydrogen-bond donors (Lipinski definition) is 1. The number of nitrogens with one attached hydrogen (secondary N) is 1. The maximum Gasteiger partial charge on any atom is 0.260 e. The minimum Gasteiger partial charge on any atom is -0.493 e. The minimum absolute atomic E-state index is 0.107. The lowest BCUT2D eigenvalue weighted by atomic mass is 10.1. The molecular formula is C22H29N5O6S. The van der Waals surface area contributed by atoms with Crippen LogP contribution < -0.4 is 19.6 Å². The molecule has 1 aromatic heterocycles. The first kappa shape index (κ1) is 25.2. The van der Waals surface area contributed by atoms with Crippen molar-refractivity contribution in [3.63, 3.8) is 0 Å². The summed E-state index contributed by atoms with van der Waals surface area (Å²) in [6.07, 6.45) is 0.588. The number of nitrogens with zero attached hydrogens (tertiary/aromatic N) is 4. The van der Waals surface area contributed by atoms with Crippen molar-refractivity contribution in [2.24, 2.45) is 0 Å². The van der Waals surface area contributed by atoms with E-state index in [1.807, 2.05) is 18.2 Å². The molecular weight excluding hydrogens is 462 g/mol. The summed E-state index contributed by atoms with van der Waals surface area (Å²) in [6, 6.07) is 10.0. The number of methoxy groups -OCH3 is 2. The first-order chi connectivity index (χ1) is 16.3. The number of sulfonamides is 1. The van der Waals surface area contributed by atoms with Gasteiger partial charge in [-0.15, -0.1) is 5.10 Å². The molecule has 0 saturated heterocycles. The summed E-state index contributed by atoms with van der Waals surface area (Å²) in [5, 5.41) is 10.6. The van der Waals surface area contributed by atoms with Crippen molar-refractivity contribution in [3.8, 4) is 11.5 Å². The fraction of sp³-hybridized carbons (Fsp3) is 0.409. The van der Waals surface area contributed by atoms with Crippen LogP contribution in [0.15, 0.2) is 41.3 Å². The van der Waals surface area contributed by atoms with Crippen LogP contribution in [-0.2, 0) is 21.2 Å². The van der Waals surface area contributed by atoms with E-state index in [4.69, 9.17) is 14.3 Å². The van der Waals surface area contributed by atoms with E-state index in [0.29, 0.717) is 48.6 Å². The summed E-state index contributed by atoms with van der Waals surface area (Å²) in [7, 11) is -0.517. The molecule has 2 aromatic carbocycles. The zero-order valence-electron chi connectivity index (χ0n) is 19.6. The Kier molecular flexibility index (Phi) is 8.29. The van der Waals surface area contributed by atoms with E-state index in [2.05, 4.69) is 15.6 Å². The summed E-state index contributed by atoms with van der Waals surface area (Å²) in [5.74, 6) is 0.905. The Balaban J connectivity index is 1.60. The molecule has 3 rings (SSSR count). The number of benzene rings is 2. The van der Waals surface area contributed by atoms with Gasteiger partial charge in [-0.1, -0.05) is 24.8 Å². The Bertz CT molecular complexity index is 1240. The quantitative estimate of drug-likeness (QED) is 0.402. The lowest BCUT2D eigenvalue weighted by Gasteiger charge is -2.18. The van der Waals surface area contributed by atoms with E-state index in [1.165, 1.54) is 16.4 Å². The van der Waals surface area contributed by atoms with Gasteiger partial charge in [0.05, 0.1) is 19.1 Å². The maximum absolute atomic E-state index is 12.8. The third-order valence-electron chi connectivity index (χ3n) is 5.23. The highest BCUT2D eigenvalue weighted by molar-refractivity contribution is 7.89. The molecule has 0 spiro atoms. The lowest BCUT2D eigenvalue weighted by molar-refractivity contribution is -0.126. The fourth-order valence-corrected chi connectivity index (χ4v) is 4.88. The Morgan fingerprint density at radius 3 is 2.47 bits per heavy atom. The molecule has 0 bridgehead atoms. The summed E-state index contributed by atoms with van der Waals surface area (Å²) in [4.78, 5) is 18.9. The minimum atomic E-state index is -3.65. The second-order valence-corrected chi connectivity index (χ2v) is 9.20. The molecule has 3 aromatic rings. The van der Waals surface area contributed by atoms with E-state index < -0.39 is 10.0 Å². The van der Waals surface area contributed by atoms with Crippen LogP contribution in [-0.4, -0.2) is 74.2 Å². The summed E-state index contributed by atoms with van der Waals surface area (Å²) < 4.78 is 37.5. The molecule has 0 aliphatic carbocycles. The second kappa shape index (κ2) is 11.2. The van der Waals surface area contributed by atoms with Crippen molar-refractivity contribution in [1.82, 2.24) is 24.8 Å². The topological polar surface area (TPSA) is 125 Å². The molecule has 0 unspecified atom stereocenters. The van der Waals surface area contributed by atoms with E-state index in [-0.39, 0.29) is 17.4 Å². The second-order valence-electron chi connectivity index (χ2n) is 7.26. The van der Waals surface area contributed by atoms with Crippen molar-refractivity contribution in [1.29, 1.82) is 0 Å². The smallest absolute Gasteiger partial charge is 0.260 e. The van der Waals surface area contributed by atoms with E-state index in [9.17, 15) is 13.2 Å². The number of carbonyl (C=O) groups excluding carboxylic acids is 1. The first-order valence-electron chi connectivity index (χ1n) is 10.8. The monoisotopic (exact) mass is 491 g/mol. The fourth-order valence-electron chi connectivity index (χ4n) is 3.40. The van der Waals surface area contributed by atoms with E-state index in [0.717, 1.165) is 10.4 Å². The number of aromatic nitrogens is 3. The van der Waals surface area contributed by atoms with Crippen LogP contribution in [0.2, 0.25) is 0 Å². The third kappa shape index (κ3) is 5.57. The van der Waals surface area contributed by atoms with E-state index >= 15 is 0 Å². The van der Waals surface area contributed by atoms with Crippen molar-refractivity contribution in [2.75, 3.05) is 40.5 Å². The van der Waals surface area contributed by atoms with Crippen LogP contribution >= 0.6 is 0 Å². The first-order valence-corrected chi connectivity index (χ1v) is 12.2. The molecule has 0 radical (unpaired) electrons. The van der Waals surface area contributed by atoms with Gasteiger partial charge in [0.15, 0.2) is 18.1 Å². The van der Waals surface area contributed by atoms with Crippen molar-refractivity contribution in [3.05, 3.63) is 42.0 Å². The summed E-state index contributed by atoms with van der Waals surface area (Å²) in [5.41, 5.74) is 1.78. The van der Waals surface area contributed by atoms with Gasteiger partial charge in [-0.05, 0) is 47.5 Å². The lowest BCUT2D eigenvalue weighted by Crippen LogP contribution is -2.33. The largest absolute Gasteiger partial charge is 0.493 e. The van der Waals surface area contributed by atoms with Crippen LogP contribution in [0.25, 0.3) is 11.0 Å². The molecule has 1 N–H and O–H groups in total.